The van der Waals surface area contributed by atoms with Crippen LogP contribution in [0.3, 0.4) is 0 Å². The molecule has 2 unspecified atom stereocenters. The standard InChI is InChI=1S/C38H36F3NO/c1-22-10-11-24-16-28-17-27(15-23(2)31(28)19-26(24)14-22)32-18-25-8-6-7-9-30(25)35(32)38(42,36(40)41)21-37(3,4)33-20-29(39)12-13-34(33)43-5/h6-20,35-36H,21,42H2,1-5H3. The van der Waals surface area contributed by atoms with Crippen LogP contribution in [0.4, 0.5) is 13.2 Å². The minimum Gasteiger partial charge on any atom is -0.496 e. The molecule has 0 bridgehead atoms. The maximum absolute atomic E-state index is 15.5. The monoisotopic (exact) mass is 579 g/mol. The van der Waals surface area contributed by atoms with E-state index in [9.17, 15) is 4.39 Å². The molecule has 0 fully saturated rings. The van der Waals surface area contributed by atoms with E-state index in [1.165, 1.54) is 36.3 Å². The molecule has 0 saturated carbocycles. The molecular formula is C38H36F3NO. The number of rotatable bonds is 7. The van der Waals surface area contributed by atoms with Gasteiger partial charge in [0, 0.05) is 11.5 Å². The van der Waals surface area contributed by atoms with Crippen molar-refractivity contribution in [3.8, 4) is 5.75 Å². The summed E-state index contributed by atoms with van der Waals surface area (Å²) in [4.78, 5) is 0. The number of hydrogen-bond acceptors (Lipinski definition) is 2. The highest BCUT2D eigenvalue weighted by Gasteiger charge is 2.51. The van der Waals surface area contributed by atoms with Crippen LogP contribution in [0.1, 0.15) is 59.6 Å². The van der Waals surface area contributed by atoms with Gasteiger partial charge in [0.25, 0.3) is 6.43 Å². The summed E-state index contributed by atoms with van der Waals surface area (Å²) in [5.74, 6) is -0.801. The summed E-state index contributed by atoms with van der Waals surface area (Å²) in [6.07, 6.45) is -0.963. The Balaban J connectivity index is 1.51. The molecule has 6 rings (SSSR count). The van der Waals surface area contributed by atoms with Crippen LogP contribution in [0.15, 0.2) is 84.9 Å². The minimum atomic E-state index is -2.86. The van der Waals surface area contributed by atoms with Crippen molar-refractivity contribution >= 4 is 33.2 Å². The zero-order valence-electron chi connectivity index (χ0n) is 25.1. The summed E-state index contributed by atoms with van der Waals surface area (Å²) >= 11 is 0. The maximum atomic E-state index is 15.5. The van der Waals surface area contributed by atoms with Gasteiger partial charge in [-0.2, -0.15) is 0 Å². The molecule has 0 radical (unpaired) electrons. The minimum absolute atomic E-state index is 0.107. The lowest BCUT2D eigenvalue weighted by atomic mass is 9.66. The van der Waals surface area contributed by atoms with Gasteiger partial charge in [0.1, 0.15) is 11.6 Å². The summed E-state index contributed by atoms with van der Waals surface area (Å²) in [6.45, 7) is 7.79. The summed E-state index contributed by atoms with van der Waals surface area (Å²) < 4.78 is 51.0. The van der Waals surface area contributed by atoms with Gasteiger partial charge in [0.05, 0.1) is 12.6 Å². The molecule has 0 aliphatic heterocycles. The van der Waals surface area contributed by atoms with Gasteiger partial charge in [-0.05, 0) is 111 Å². The van der Waals surface area contributed by atoms with E-state index >= 15 is 8.78 Å². The first-order valence-electron chi connectivity index (χ1n) is 14.6. The van der Waals surface area contributed by atoms with Gasteiger partial charge >= 0.3 is 0 Å². The van der Waals surface area contributed by atoms with Crippen LogP contribution < -0.4 is 10.5 Å². The van der Waals surface area contributed by atoms with Gasteiger partial charge in [0.15, 0.2) is 0 Å². The fourth-order valence-corrected chi connectivity index (χ4v) is 7.11. The molecule has 43 heavy (non-hydrogen) atoms. The third kappa shape index (κ3) is 5.00. The van der Waals surface area contributed by atoms with Crippen molar-refractivity contribution in [2.45, 2.75) is 57.4 Å². The van der Waals surface area contributed by atoms with Gasteiger partial charge < -0.3 is 10.5 Å². The van der Waals surface area contributed by atoms with Gasteiger partial charge in [-0.25, -0.2) is 13.2 Å². The van der Waals surface area contributed by atoms with Crippen LogP contribution in [0.5, 0.6) is 5.75 Å². The van der Waals surface area contributed by atoms with Crippen molar-refractivity contribution in [2.75, 3.05) is 7.11 Å². The molecule has 5 aromatic rings. The first kappa shape index (κ1) is 29.0. The molecule has 5 heteroatoms. The number of halogens is 3. The number of hydrogen-bond donors (Lipinski definition) is 1. The SMILES string of the molecule is COc1ccc(F)cc1C(C)(C)CC(N)(C(F)F)C1C(c2cc(C)c3cc4cc(C)ccc4cc3c2)=Cc2ccccc21. The molecule has 2 nitrogen and oxygen atoms in total. The van der Waals surface area contributed by atoms with E-state index in [4.69, 9.17) is 10.5 Å². The molecule has 0 aromatic heterocycles. The topological polar surface area (TPSA) is 35.2 Å². The third-order valence-electron chi connectivity index (χ3n) is 9.12. The molecule has 0 heterocycles. The zero-order valence-corrected chi connectivity index (χ0v) is 25.1. The van der Waals surface area contributed by atoms with E-state index in [1.807, 2.05) is 44.2 Å². The predicted molar refractivity (Wildman–Crippen MR) is 171 cm³/mol. The first-order chi connectivity index (χ1) is 20.4. The molecule has 0 spiro atoms. The fraction of sp³-hybridized carbons (Fsp3) is 0.263. The van der Waals surface area contributed by atoms with Crippen LogP contribution in [-0.2, 0) is 5.41 Å². The second-order valence-electron chi connectivity index (χ2n) is 12.7. The molecule has 0 amide bonds. The summed E-state index contributed by atoms with van der Waals surface area (Å²) in [5, 5.41) is 4.47. The van der Waals surface area contributed by atoms with Crippen molar-refractivity contribution in [1.82, 2.24) is 0 Å². The Labute approximate surface area is 251 Å². The Morgan fingerprint density at radius 3 is 2.37 bits per heavy atom. The lowest BCUT2D eigenvalue weighted by molar-refractivity contribution is 0.0301. The number of aryl methyl sites for hydroxylation is 2. The highest BCUT2D eigenvalue weighted by Crippen LogP contribution is 2.53. The van der Waals surface area contributed by atoms with Crippen molar-refractivity contribution in [1.29, 1.82) is 0 Å². The largest absolute Gasteiger partial charge is 0.496 e. The second-order valence-corrected chi connectivity index (χ2v) is 12.7. The molecule has 2 atom stereocenters. The van der Waals surface area contributed by atoms with E-state index in [0.29, 0.717) is 11.3 Å². The van der Waals surface area contributed by atoms with E-state index < -0.39 is 29.1 Å². The van der Waals surface area contributed by atoms with Crippen molar-refractivity contribution in [3.05, 3.63) is 124 Å². The van der Waals surface area contributed by atoms with Crippen LogP contribution in [0.2, 0.25) is 0 Å². The molecular weight excluding hydrogens is 543 g/mol. The Hall–Kier alpha value is -4.09. The normalized spacial score (nSPS) is 16.4. The molecule has 1 aliphatic carbocycles. The number of benzene rings is 5. The fourth-order valence-electron chi connectivity index (χ4n) is 7.11. The predicted octanol–water partition coefficient (Wildman–Crippen LogP) is 9.73. The Morgan fingerprint density at radius 2 is 1.63 bits per heavy atom. The number of methoxy groups -OCH3 is 1. The lowest BCUT2D eigenvalue weighted by Crippen LogP contribution is -2.55. The van der Waals surface area contributed by atoms with Crippen LogP contribution in [0.25, 0.3) is 33.2 Å². The number of nitrogens with two attached hydrogens (primary N) is 1. The van der Waals surface area contributed by atoms with Gasteiger partial charge in [-0.15, -0.1) is 0 Å². The Kier molecular flexibility index (Phi) is 7.13. The van der Waals surface area contributed by atoms with Crippen LogP contribution in [0, 0.1) is 19.7 Å². The number of fused-ring (bicyclic) bond motifs is 3. The number of alkyl halides is 2. The molecule has 0 saturated heterocycles. The summed E-state index contributed by atoms with van der Waals surface area (Å²) in [7, 11) is 1.50. The smallest absolute Gasteiger partial charge is 0.257 e. The molecule has 5 aromatic carbocycles. The highest BCUT2D eigenvalue weighted by molar-refractivity contribution is 6.02. The zero-order chi connectivity index (χ0) is 30.7. The lowest BCUT2D eigenvalue weighted by Gasteiger charge is -2.43. The average molecular weight is 580 g/mol. The van der Waals surface area contributed by atoms with Crippen LogP contribution in [-0.4, -0.2) is 19.1 Å². The first-order valence-corrected chi connectivity index (χ1v) is 14.6. The van der Waals surface area contributed by atoms with Crippen molar-refractivity contribution in [3.63, 3.8) is 0 Å². The van der Waals surface area contributed by atoms with Gasteiger partial charge in [0.2, 0.25) is 0 Å². The van der Waals surface area contributed by atoms with Gasteiger partial charge in [-0.3, -0.25) is 0 Å². The Morgan fingerprint density at radius 1 is 0.860 bits per heavy atom. The van der Waals surface area contributed by atoms with Crippen LogP contribution >= 0.6 is 0 Å². The third-order valence-corrected chi connectivity index (χ3v) is 9.12. The molecule has 2 N–H and O–H groups in total. The maximum Gasteiger partial charge on any atom is 0.257 e. The average Bonchev–Trinajstić information content (AvgIpc) is 3.36. The van der Waals surface area contributed by atoms with E-state index in [0.717, 1.165) is 44.0 Å². The van der Waals surface area contributed by atoms with Gasteiger partial charge in [-0.1, -0.05) is 74.0 Å². The summed E-state index contributed by atoms with van der Waals surface area (Å²) in [5.41, 5.74) is 10.1. The quantitative estimate of drug-likeness (QED) is 0.195. The summed E-state index contributed by atoms with van der Waals surface area (Å²) in [6, 6.07) is 26.8. The molecule has 220 valence electrons. The van der Waals surface area contributed by atoms with Crippen molar-refractivity contribution < 1.29 is 17.9 Å². The van der Waals surface area contributed by atoms with E-state index in [-0.39, 0.29) is 6.42 Å². The van der Waals surface area contributed by atoms with E-state index in [1.54, 1.807) is 0 Å². The van der Waals surface area contributed by atoms with E-state index in [2.05, 4.69) is 56.3 Å². The number of ether oxygens (including phenoxy) is 1. The second kappa shape index (κ2) is 10.6. The van der Waals surface area contributed by atoms with Crippen molar-refractivity contribution in [2.24, 2.45) is 5.73 Å². The Bertz CT molecular complexity index is 1910. The highest BCUT2D eigenvalue weighted by atomic mass is 19.3. The molecule has 1 aliphatic rings.